The number of Topliss-reactive ketones (excluding diaryl/α,β-unsaturated/α-hetero) is 1. The quantitative estimate of drug-likeness (QED) is 0.309. The zero-order valence-corrected chi connectivity index (χ0v) is 24.0. The van der Waals surface area contributed by atoms with Gasteiger partial charge in [0.2, 0.25) is 15.8 Å². The molecule has 1 saturated heterocycles. The summed E-state index contributed by atoms with van der Waals surface area (Å²) < 4.78 is 77.0. The van der Waals surface area contributed by atoms with Crippen molar-refractivity contribution in [1.29, 1.82) is 0 Å². The van der Waals surface area contributed by atoms with Gasteiger partial charge in [0, 0.05) is 6.42 Å². The molecule has 0 radical (unpaired) electrons. The number of nitrogens with one attached hydrogen (secondary N) is 1. The molecule has 13 heteroatoms. The van der Waals surface area contributed by atoms with Gasteiger partial charge < -0.3 is 29.0 Å². The summed E-state index contributed by atoms with van der Waals surface area (Å²) in [6.45, 7) is -0.553. The van der Waals surface area contributed by atoms with E-state index < -0.39 is 58.8 Å². The van der Waals surface area contributed by atoms with Gasteiger partial charge in [0.25, 0.3) is 0 Å². The van der Waals surface area contributed by atoms with Crippen molar-refractivity contribution >= 4 is 21.9 Å². The van der Waals surface area contributed by atoms with E-state index in [0.29, 0.717) is 21.8 Å². The number of carbonyl (C=O) groups is 2. The van der Waals surface area contributed by atoms with Gasteiger partial charge in [-0.15, -0.1) is 0 Å². The molecule has 1 amide bonds. The number of amides is 1. The molecule has 1 aliphatic rings. The number of carboxylic acid groups (broad SMARTS) is 1. The number of carbonyl (C=O) groups excluding carboxylic acids is 2. The van der Waals surface area contributed by atoms with Crippen LogP contribution >= 0.6 is 0 Å². The first-order chi connectivity index (χ1) is 20.5. The maximum Gasteiger partial charge on any atom is 0.323 e. The molecular weight excluding hydrogens is 586 g/mol. The van der Waals surface area contributed by atoms with E-state index in [1.54, 1.807) is 48.5 Å². The predicted molar refractivity (Wildman–Crippen MR) is 149 cm³/mol. The van der Waals surface area contributed by atoms with Crippen LogP contribution in [0.15, 0.2) is 89.8 Å². The van der Waals surface area contributed by atoms with Gasteiger partial charge in [-0.2, -0.15) is 8.78 Å². The third-order valence-corrected chi connectivity index (χ3v) is 8.51. The fourth-order valence-corrected chi connectivity index (χ4v) is 6.06. The average molecular weight is 618 g/mol. The largest absolute Gasteiger partial charge is 0.530 e. The lowest BCUT2D eigenvalue weighted by atomic mass is 9.90. The molecule has 1 N–H and O–H groups in total. The maximum atomic E-state index is 16.5. The van der Waals surface area contributed by atoms with Crippen molar-refractivity contribution in [1.82, 2.24) is 9.62 Å². The van der Waals surface area contributed by atoms with E-state index in [1.165, 1.54) is 43.5 Å². The van der Waals surface area contributed by atoms with E-state index in [0.717, 1.165) is 0 Å². The number of nitrogens with zero attached hydrogens (tertiary/aromatic N) is 1. The Kier molecular flexibility index (Phi) is 10.5. The van der Waals surface area contributed by atoms with Gasteiger partial charge in [-0.1, -0.05) is 60.7 Å². The van der Waals surface area contributed by atoms with E-state index in [2.05, 4.69) is 0 Å². The van der Waals surface area contributed by atoms with Gasteiger partial charge in [-0.3, -0.25) is 4.79 Å². The summed E-state index contributed by atoms with van der Waals surface area (Å²) in [5.74, 6) is -5.84. The maximum absolute atomic E-state index is 16.5. The molecule has 0 aliphatic carbocycles. The molecule has 0 bridgehead atoms. The van der Waals surface area contributed by atoms with Crippen LogP contribution in [0.3, 0.4) is 0 Å². The predicted octanol–water partition coefficient (Wildman–Crippen LogP) is 2.42. The molecule has 0 aromatic heterocycles. The van der Waals surface area contributed by atoms with Gasteiger partial charge in [-0.05, 0) is 41.8 Å². The van der Waals surface area contributed by atoms with Gasteiger partial charge in [0.15, 0.2) is 0 Å². The van der Waals surface area contributed by atoms with Crippen molar-refractivity contribution in [2.75, 3.05) is 27.1 Å². The molecule has 0 saturated carbocycles. The van der Waals surface area contributed by atoms with Crippen molar-refractivity contribution in [2.45, 2.75) is 41.8 Å². The SMILES string of the molecule is COc1ccc(S(=O)(=O)NC(Cc2ccccc2)C(F)(F)C(=O)[C@@H](Cc2ccccc2)N(C(=O)[O-])C2COCOC2)cc1. The number of methoxy groups -OCH3 is 1. The zero-order valence-electron chi connectivity index (χ0n) is 23.2. The van der Waals surface area contributed by atoms with Gasteiger partial charge >= 0.3 is 5.92 Å². The summed E-state index contributed by atoms with van der Waals surface area (Å²) in [6.07, 6.45) is -2.88. The molecule has 3 aromatic rings. The van der Waals surface area contributed by atoms with E-state index in [4.69, 9.17) is 14.2 Å². The number of hydrogen-bond acceptors (Lipinski definition) is 8. The van der Waals surface area contributed by atoms with Crippen LogP contribution in [-0.2, 0) is 37.1 Å². The topological polar surface area (TPSA) is 134 Å². The smallest absolute Gasteiger partial charge is 0.323 e. The first kappa shape index (κ1) is 32.0. The van der Waals surface area contributed by atoms with Crippen LogP contribution in [0.4, 0.5) is 13.6 Å². The minimum Gasteiger partial charge on any atom is -0.530 e. The summed E-state index contributed by atoms with van der Waals surface area (Å²) in [4.78, 5) is 26.4. The van der Waals surface area contributed by atoms with E-state index in [-0.39, 0.29) is 24.9 Å². The lowest BCUT2D eigenvalue weighted by Gasteiger charge is -2.42. The molecule has 43 heavy (non-hydrogen) atoms. The van der Waals surface area contributed by atoms with Crippen LogP contribution in [0.25, 0.3) is 0 Å². The summed E-state index contributed by atoms with van der Waals surface area (Å²) in [5, 5.41) is 12.4. The van der Waals surface area contributed by atoms with Crippen molar-refractivity contribution in [3.63, 3.8) is 0 Å². The molecule has 2 atom stereocenters. The molecule has 0 spiro atoms. The summed E-state index contributed by atoms with van der Waals surface area (Å²) in [6, 6.07) is 15.6. The number of ether oxygens (including phenoxy) is 3. The molecule has 1 aliphatic heterocycles. The van der Waals surface area contributed by atoms with Crippen molar-refractivity contribution in [3.05, 3.63) is 96.1 Å². The number of sulfonamides is 1. The number of alkyl halides is 2. The average Bonchev–Trinajstić information content (AvgIpc) is 3.01. The first-order valence-corrected chi connectivity index (χ1v) is 14.8. The Morgan fingerprint density at radius 2 is 1.49 bits per heavy atom. The lowest BCUT2D eigenvalue weighted by molar-refractivity contribution is -0.276. The third kappa shape index (κ3) is 7.93. The van der Waals surface area contributed by atoms with E-state index in [1.807, 2.05) is 4.72 Å². The Morgan fingerprint density at radius 3 is 2.00 bits per heavy atom. The van der Waals surface area contributed by atoms with Crippen LogP contribution in [0.2, 0.25) is 0 Å². The molecule has 3 aromatic carbocycles. The van der Waals surface area contributed by atoms with Crippen LogP contribution in [0, 0.1) is 0 Å². The van der Waals surface area contributed by atoms with Crippen LogP contribution in [0.1, 0.15) is 11.1 Å². The Bertz CT molecular complexity index is 1470. The standard InChI is InChI=1S/C30H32F2N2O8S/c1-40-24-12-14-25(15-13-24)43(38,39)33-27(17-22-10-6-3-7-11-22)30(31,32)28(35)26(16-21-8-4-2-5-9-21)34(29(36)37)23-18-41-20-42-19-23/h2-15,23,26-27,33H,16-20H2,1H3,(H,36,37)/p-1/t26-,27?/m1/s1. The second kappa shape index (κ2) is 14.0. The minimum absolute atomic E-state index is 0.128. The zero-order chi connectivity index (χ0) is 31.0. The van der Waals surface area contributed by atoms with Gasteiger partial charge in [0.1, 0.15) is 18.6 Å². The highest BCUT2D eigenvalue weighted by atomic mass is 32.2. The second-order valence-electron chi connectivity index (χ2n) is 9.92. The highest BCUT2D eigenvalue weighted by Gasteiger charge is 2.53. The van der Waals surface area contributed by atoms with E-state index >= 15 is 8.78 Å². The van der Waals surface area contributed by atoms with Crippen molar-refractivity contribution in [3.8, 4) is 5.75 Å². The monoisotopic (exact) mass is 617 g/mol. The highest BCUT2D eigenvalue weighted by molar-refractivity contribution is 7.89. The summed E-state index contributed by atoms with van der Waals surface area (Å²) in [7, 11) is -3.20. The second-order valence-corrected chi connectivity index (χ2v) is 11.6. The number of ketones is 1. The number of hydrogen-bond donors (Lipinski definition) is 1. The molecule has 230 valence electrons. The fourth-order valence-electron chi connectivity index (χ4n) is 4.82. The summed E-state index contributed by atoms with van der Waals surface area (Å²) >= 11 is 0. The lowest BCUT2D eigenvalue weighted by Crippen LogP contribution is -2.64. The highest BCUT2D eigenvalue weighted by Crippen LogP contribution is 2.30. The summed E-state index contributed by atoms with van der Waals surface area (Å²) in [5.41, 5.74) is 0.724. The third-order valence-electron chi connectivity index (χ3n) is 7.02. The Labute approximate surface area is 248 Å². The van der Waals surface area contributed by atoms with Gasteiger partial charge in [-0.25, -0.2) is 13.1 Å². The first-order valence-electron chi connectivity index (χ1n) is 13.3. The molecule has 10 nitrogen and oxygen atoms in total. The number of rotatable bonds is 13. The van der Waals surface area contributed by atoms with Crippen molar-refractivity contribution in [2.24, 2.45) is 0 Å². The molecule has 1 fully saturated rings. The molecule has 1 heterocycles. The molecule has 4 rings (SSSR count). The Morgan fingerprint density at radius 1 is 0.953 bits per heavy atom. The van der Waals surface area contributed by atoms with Crippen molar-refractivity contribution < 1.29 is 46.1 Å². The number of halogens is 2. The van der Waals surface area contributed by atoms with Crippen LogP contribution < -0.4 is 14.6 Å². The van der Waals surface area contributed by atoms with Gasteiger partial charge in [0.05, 0.1) is 43.3 Å². The van der Waals surface area contributed by atoms with Crippen LogP contribution in [0.5, 0.6) is 5.75 Å². The Hall–Kier alpha value is -3.91. The fraction of sp³-hybridized carbons (Fsp3) is 0.333. The van der Waals surface area contributed by atoms with E-state index in [9.17, 15) is 23.1 Å². The molecular formula is C30H31F2N2O8S-. The Balaban J connectivity index is 1.74. The molecule has 1 unspecified atom stereocenters. The number of benzene rings is 3. The normalized spacial score (nSPS) is 15.8. The minimum atomic E-state index is -4.58. The van der Waals surface area contributed by atoms with Crippen LogP contribution in [-0.4, -0.2) is 76.4 Å².